The van der Waals surface area contributed by atoms with Crippen molar-refractivity contribution in [1.29, 1.82) is 0 Å². The minimum atomic E-state index is 0.536. The smallest absolute Gasteiger partial charge is 0.164 e. The summed E-state index contributed by atoms with van der Waals surface area (Å²) in [6.45, 7) is 0. The van der Waals surface area contributed by atoms with Gasteiger partial charge in [0.1, 0.15) is 22.3 Å². The van der Waals surface area contributed by atoms with Gasteiger partial charge in [0.15, 0.2) is 17.5 Å². The Morgan fingerprint density at radius 2 is 0.694 bits per heavy atom. The number of hydrogen-bond acceptors (Lipinski definition) is 7. The van der Waals surface area contributed by atoms with E-state index >= 15 is 0 Å². The van der Waals surface area contributed by atoms with Gasteiger partial charge in [-0.1, -0.05) is 133 Å². The number of nitrogens with zero attached hydrogens (tertiary/aromatic N) is 5. The lowest BCUT2D eigenvalue weighted by Gasteiger charge is -2.13. The van der Waals surface area contributed by atoms with Gasteiger partial charge in [0, 0.05) is 74.1 Å². The van der Waals surface area contributed by atoms with Gasteiger partial charge in [-0.05, 0) is 75.8 Å². The van der Waals surface area contributed by atoms with Crippen molar-refractivity contribution in [2.45, 2.75) is 0 Å². The highest BCUT2D eigenvalue weighted by atomic mass is 16.3. The summed E-state index contributed by atoms with van der Waals surface area (Å²) in [5, 5.41) is 4.25. The van der Waals surface area contributed by atoms with E-state index in [1.165, 1.54) is 0 Å². The molecule has 0 unspecified atom stereocenters. The molecule has 0 spiro atoms. The van der Waals surface area contributed by atoms with Gasteiger partial charge in [-0.25, -0.2) is 15.0 Å². The van der Waals surface area contributed by atoms with Gasteiger partial charge >= 0.3 is 0 Å². The number of benzene rings is 7. The van der Waals surface area contributed by atoms with Crippen LogP contribution in [0, 0.1) is 0 Å². The highest BCUT2D eigenvalue weighted by Gasteiger charge is 2.20. The first-order valence-corrected chi connectivity index (χ1v) is 20.4. The molecule has 0 amide bonds. The van der Waals surface area contributed by atoms with Crippen molar-refractivity contribution in [1.82, 2.24) is 24.9 Å². The molecule has 7 heteroatoms. The first-order valence-electron chi connectivity index (χ1n) is 20.4. The molecule has 290 valence electrons. The van der Waals surface area contributed by atoms with Gasteiger partial charge in [-0.2, -0.15) is 0 Å². The SMILES string of the molecule is c1cncc(-c2ccc(-c3nc(-c4ccc(-c5cccnc5)cc4)nc(-c4cc(-c5cccc6c5oc5ccccc56)cc(-c5cccc6c5oc5ccccc56)c4)n3)cc2)c1. The monoisotopic (exact) mass is 795 g/mol. The normalized spacial score (nSPS) is 11.5. The second kappa shape index (κ2) is 14.6. The molecule has 62 heavy (non-hydrogen) atoms. The van der Waals surface area contributed by atoms with E-state index < -0.39 is 0 Å². The van der Waals surface area contributed by atoms with Crippen LogP contribution in [0.1, 0.15) is 0 Å². The lowest BCUT2D eigenvalue weighted by atomic mass is 9.94. The van der Waals surface area contributed by atoms with Crippen molar-refractivity contribution in [3.05, 3.63) is 201 Å². The fraction of sp³-hybridized carbons (Fsp3) is 0. The third kappa shape index (κ3) is 6.19. The van der Waals surface area contributed by atoms with Gasteiger partial charge in [-0.15, -0.1) is 0 Å². The quantitative estimate of drug-likeness (QED) is 0.159. The van der Waals surface area contributed by atoms with Crippen LogP contribution in [0.5, 0.6) is 0 Å². The summed E-state index contributed by atoms with van der Waals surface area (Å²) in [5.74, 6) is 1.66. The van der Waals surface area contributed by atoms with Crippen molar-refractivity contribution >= 4 is 43.9 Å². The minimum Gasteiger partial charge on any atom is -0.455 e. The van der Waals surface area contributed by atoms with Gasteiger partial charge in [-0.3, -0.25) is 9.97 Å². The summed E-state index contributed by atoms with van der Waals surface area (Å²) in [6, 6.07) is 60.1. The van der Waals surface area contributed by atoms with E-state index in [0.29, 0.717) is 17.5 Å². The molecule has 0 aliphatic heterocycles. The van der Waals surface area contributed by atoms with Crippen molar-refractivity contribution in [2.75, 3.05) is 0 Å². The zero-order valence-electron chi connectivity index (χ0n) is 33.1. The van der Waals surface area contributed by atoms with Crippen molar-refractivity contribution < 1.29 is 8.83 Å². The summed E-state index contributed by atoms with van der Waals surface area (Å²) >= 11 is 0. The van der Waals surface area contributed by atoms with Crippen molar-refractivity contribution in [3.63, 3.8) is 0 Å². The van der Waals surface area contributed by atoms with Crippen LogP contribution in [-0.2, 0) is 0 Å². The first kappa shape index (κ1) is 35.4. The topological polar surface area (TPSA) is 90.7 Å². The largest absolute Gasteiger partial charge is 0.455 e. The second-order valence-electron chi connectivity index (χ2n) is 15.3. The lowest BCUT2D eigenvalue weighted by molar-refractivity contribution is 0.670. The molecule has 0 aliphatic rings. The molecule has 0 saturated heterocycles. The highest BCUT2D eigenvalue weighted by Crippen LogP contribution is 2.42. The van der Waals surface area contributed by atoms with Crippen LogP contribution in [0.15, 0.2) is 210 Å². The molecule has 0 atom stereocenters. The Labute approximate surface area is 355 Å². The Morgan fingerprint density at radius 3 is 1.15 bits per heavy atom. The molecular formula is C55H33N5O2. The van der Waals surface area contributed by atoms with E-state index in [-0.39, 0.29) is 0 Å². The van der Waals surface area contributed by atoms with E-state index in [1.807, 2.05) is 60.9 Å². The molecule has 12 rings (SSSR count). The Bertz CT molecular complexity index is 3380. The average molecular weight is 796 g/mol. The summed E-state index contributed by atoms with van der Waals surface area (Å²) in [4.78, 5) is 24.2. The molecule has 0 bridgehead atoms. The molecule has 12 aromatic rings. The van der Waals surface area contributed by atoms with E-state index in [1.54, 1.807) is 12.4 Å². The average Bonchev–Trinajstić information content (AvgIpc) is 3.93. The van der Waals surface area contributed by atoms with Gasteiger partial charge in [0.2, 0.25) is 0 Å². The Kier molecular flexibility index (Phi) is 8.35. The minimum absolute atomic E-state index is 0.536. The molecule has 7 aromatic carbocycles. The molecule has 0 aliphatic carbocycles. The Hall–Kier alpha value is -8.55. The highest BCUT2D eigenvalue weighted by molar-refractivity contribution is 6.11. The summed E-state index contributed by atoms with van der Waals surface area (Å²) < 4.78 is 13.2. The predicted molar refractivity (Wildman–Crippen MR) is 248 cm³/mol. The summed E-state index contributed by atoms with van der Waals surface area (Å²) in [5.41, 5.74) is 13.9. The van der Waals surface area contributed by atoms with E-state index in [2.05, 4.69) is 137 Å². The van der Waals surface area contributed by atoms with Gasteiger partial charge < -0.3 is 8.83 Å². The number of pyridine rings is 2. The fourth-order valence-electron chi connectivity index (χ4n) is 8.47. The molecule has 0 radical (unpaired) electrons. The zero-order chi connectivity index (χ0) is 41.0. The number of fused-ring (bicyclic) bond motifs is 6. The van der Waals surface area contributed by atoms with Crippen LogP contribution < -0.4 is 0 Å². The van der Waals surface area contributed by atoms with Crippen molar-refractivity contribution in [3.8, 4) is 78.7 Å². The molecular weight excluding hydrogens is 763 g/mol. The van der Waals surface area contributed by atoms with Gasteiger partial charge in [0.25, 0.3) is 0 Å². The van der Waals surface area contributed by atoms with Crippen LogP contribution >= 0.6 is 0 Å². The molecule has 7 nitrogen and oxygen atoms in total. The van der Waals surface area contributed by atoms with Crippen LogP contribution in [0.25, 0.3) is 123 Å². The standard InChI is InChI=1S/C55H33N5O2/c1-3-17-49-45(11-1)47-15-5-13-43(51(47)61-49)40-29-41(44-14-6-16-48-46-12-2-4-18-50(46)62-52(44)48)31-42(30-40)55-59-53(36-23-19-34(20-24-36)38-9-7-27-56-32-38)58-54(60-55)37-25-21-35(22-26-37)39-10-8-28-57-33-39/h1-33H. The zero-order valence-corrected chi connectivity index (χ0v) is 33.1. The number of aromatic nitrogens is 5. The number of para-hydroxylation sites is 4. The number of furan rings is 2. The van der Waals surface area contributed by atoms with Crippen LogP contribution in [0.3, 0.4) is 0 Å². The Morgan fingerprint density at radius 1 is 0.290 bits per heavy atom. The van der Waals surface area contributed by atoms with E-state index in [4.69, 9.17) is 23.8 Å². The summed E-state index contributed by atoms with van der Waals surface area (Å²) in [6.07, 6.45) is 7.30. The maximum atomic E-state index is 6.61. The maximum Gasteiger partial charge on any atom is 0.164 e. The molecule has 0 fully saturated rings. The van der Waals surface area contributed by atoms with E-state index in [0.717, 1.165) is 105 Å². The second-order valence-corrected chi connectivity index (χ2v) is 15.3. The lowest BCUT2D eigenvalue weighted by Crippen LogP contribution is -2.01. The fourth-order valence-corrected chi connectivity index (χ4v) is 8.47. The summed E-state index contributed by atoms with van der Waals surface area (Å²) in [7, 11) is 0. The number of rotatable bonds is 7. The molecule has 5 heterocycles. The van der Waals surface area contributed by atoms with Crippen molar-refractivity contribution in [2.24, 2.45) is 0 Å². The third-order valence-corrected chi connectivity index (χ3v) is 11.5. The molecule has 5 aromatic heterocycles. The first-order chi connectivity index (χ1) is 30.7. The van der Waals surface area contributed by atoms with E-state index in [9.17, 15) is 0 Å². The Balaban J connectivity index is 1.08. The third-order valence-electron chi connectivity index (χ3n) is 11.5. The number of hydrogen-bond donors (Lipinski definition) is 0. The predicted octanol–water partition coefficient (Wildman–Crippen LogP) is 14.1. The van der Waals surface area contributed by atoms with Crippen LogP contribution in [-0.4, -0.2) is 24.9 Å². The molecule has 0 saturated carbocycles. The molecule has 0 N–H and O–H groups in total. The van der Waals surface area contributed by atoms with Crippen LogP contribution in [0.4, 0.5) is 0 Å². The van der Waals surface area contributed by atoms with Crippen LogP contribution in [0.2, 0.25) is 0 Å². The maximum absolute atomic E-state index is 6.61. The van der Waals surface area contributed by atoms with Gasteiger partial charge in [0.05, 0.1) is 0 Å².